The Hall–Kier alpha value is -0.160. The average Bonchev–Trinajstić information content (AvgIpc) is 2.36. The van der Waals surface area contributed by atoms with Crippen LogP contribution in [0.25, 0.3) is 0 Å². The number of nitrogens with one attached hydrogen (secondary N) is 1. The van der Waals surface area contributed by atoms with E-state index in [4.69, 9.17) is 9.47 Å². The minimum atomic E-state index is -0.411. The molecule has 0 aromatic heterocycles. The van der Waals surface area contributed by atoms with Crippen LogP contribution in [0, 0.1) is 11.8 Å². The summed E-state index contributed by atoms with van der Waals surface area (Å²) < 4.78 is 10.9. The Bertz CT molecular complexity index is 198. The van der Waals surface area contributed by atoms with E-state index in [9.17, 15) is 5.11 Å². The molecule has 0 aromatic rings. The van der Waals surface area contributed by atoms with Crippen molar-refractivity contribution in [3.8, 4) is 0 Å². The van der Waals surface area contributed by atoms with Gasteiger partial charge in [0.15, 0.2) is 0 Å². The monoisotopic (exact) mass is 289 g/mol. The Morgan fingerprint density at radius 2 is 1.55 bits per heavy atom. The van der Waals surface area contributed by atoms with Crippen molar-refractivity contribution in [2.75, 3.05) is 39.5 Å². The van der Waals surface area contributed by atoms with Crippen LogP contribution in [0.3, 0.4) is 0 Å². The summed E-state index contributed by atoms with van der Waals surface area (Å²) in [6.07, 6.45) is 2.83. The van der Waals surface area contributed by atoms with Crippen LogP contribution in [0.5, 0.6) is 0 Å². The molecule has 0 aliphatic carbocycles. The van der Waals surface area contributed by atoms with Crippen LogP contribution in [-0.4, -0.2) is 50.7 Å². The van der Waals surface area contributed by atoms with Crippen LogP contribution >= 0.6 is 0 Å². The predicted molar refractivity (Wildman–Crippen MR) is 84.0 cm³/mol. The van der Waals surface area contributed by atoms with Gasteiger partial charge in [0.1, 0.15) is 0 Å². The second kappa shape index (κ2) is 13.8. The molecule has 0 fully saturated rings. The molecule has 0 heterocycles. The van der Waals surface area contributed by atoms with E-state index in [2.05, 4.69) is 33.0 Å². The summed E-state index contributed by atoms with van der Waals surface area (Å²) in [5.41, 5.74) is 0. The molecule has 0 amide bonds. The minimum absolute atomic E-state index is 0.411. The van der Waals surface area contributed by atoms with Crippen molar-refractivity contribution in [3.05, 3.63) is 0 Å². The van der Waals surface area contributed by atoms with Crippen molar-refractivity contribution in [1.82, 2.24) is 5.32 Å². The average molecular weight is 289 g/mol. The number of aliphatic hydroxyl groups is 1. The van der Waals surface area contributed by atoms with Crippen molar-refractivity contribution in [2.45, 2.75) is 53.1 Å². The molecular formula is C16H35NO3. The fourth-order valence-corrected chi connectivity index (χ4v) is 1.76. The number of ether oxygens (including phenoxy) is 2. The second-order valence-electron chi connectivity index (χ2n) is 6.29. The van der Waals surface area contributed by atoms with Gasteiger partial charge in [-0.2, -0.15) is 0 Å². The SMILES string of the molecule is CC(C)CCCOCC(O)CNCCCOCC(C)C. The molecular weight excluding hydrogens is 254 g/mol. The van der Waals surface area contributed by atoms with Gasteiger partial charge in [0.05, 0.1) is 12.7 Å². The summed E-state index contributed by atoms with van der Waals surface area (Å²) in [5.74, 6) is 1.32. The lowest BCUT2D eigenvalue weighted by atomic mass is 10.1. The van der Waals surface area contributed by atoms with Gasteiger partial charge < -0.3 is 19.9 Å². The summed E-state index contributed by atoms with van der Waals surface area (Å²) >= 11 is 0. The Labute approximate surface area is 125 Å². The third-order valence-corrected chi connectivity index (χ3v) is 2.85. The van der Waals surface area contributed by atoms with E-state index in [0.29, 0.717) is 19.1 Å². The van der Waals surface area contributed by atoms with Crippen molar-refractivity contribution < 1.29 is 14.6 Å². The topological polar surface area (TPSA) is 50.7 Å². The lowest BCUT2D eigenvalue weighted by molar-refractivity contribution is 0.0344. The van der Waals surface area contributed by atoms with E-state index in [1.165, 1.54) is 6.42 Å². The highest BCUT2D eigenvalue weighted by Gasteiger charge is 2.03. The maximum Gasteiger partial charge on any atom is 0.0897 e. The van der Waals surface area contributed by atoms with Gasteiger partial charge in [-0.25, -0.2) is 0 Å². The molecule has 1 unspecified atom stereocenters. The number of hydrogen-bond donors (Lipinski definition) is 2. The lowest BCUT2D eigenvalue weighted by Gasteiger charge is -2.13. The van der Waals surface area contributed by atoms with Gasteiger partial charge in [-0.15, -0.1) is 0 Å². The van der Waals surface area contributed by atoms with Crippen LogP contribution in [0.4, 0.5) is 0 Å². The first kappa shape index (κ1) is 19.8. The van der Waals surface area contributed by atoms with Crippen molar-refractivity contribution >= 4 is 0 Å². The fraction of sp³-hybridized carbons (Fsp3) is 1.00. The van der Waals surface area contributed by atoms with Crippen LogP contribution < -0.4 is 5.32 Å². The fourth-order valence-electron chi connectivity index (χ4n) is 1.76. The third-order valence-electron chi connectivity index (χ3n) is 2.85. The molecule has 122 valence electrons. The molecule has 0 bridgehead atoms. The van der Waals surface area contributed by atoms with Crippen molar-refractivity contribution in [1.29, 1.82) is 0 Å². The molecule has 1 atom stereocenters. The molecule has 0 aliphatic rings. The Morgan fingerprint density at radius 3 is 2.20 bits per heavy atom. The van der Waals surface area contributed by atoms with Gasteiger partial charge in [0.25, 0.3) is 0 Å². The zero-order valence-corrected chi connectivity index (χ0v) is 13.9. The highest BCUT2D eigenvalue weighted by molar-refractivity contribution is 4.58. The van der Waals surface area contributed by atoms with Crippen LogP contribution in [0.15, 0.2) is 0 Å². The first-order valence-electron chi connectivity index (χ1n) is 8.06. The van der Waals surface area contributed by atoms with Gasteiger partial charge in [0.2, 0.25) is 0 Å². The van der Waals surface area contributed by atoms with Crippen molar-refractivity contribution in [2.24, 2.45) is 11.8 Å². The maximum atomic E-state index is 9.71. The second-order valence-corrected chi connectivity index (χ2v) is 6.29. The molecule has 4 heteroatoms. The van der Waals surface area contributed by atoms with E-state index < -0.39 is 6.10 Å². The Balaban J connectivity index is 3.18. The molecule has 4 nitrogen and oxygen atoms in total. The van der Waals surface area contributed by atoms with Gasteiger partial charge in [-0.1, -0.05) is 27.7 Å². The Morgan fingerprint density at radius 1 is 0.900 bits per heavy atom. The highest BCUT2D eigenvalue weighted by atomic mass is 16.5. The van der Waals surface area contributed by atoms with E-state index in [1.54, 1.807) is 0 Å². The van der Waals surface area contributed by atoms with Crippen LogP contribution in [0.2, 0.25) is 0 Å². The van der Waals surface area contributed by atoms with Crippen LogP contribution in [-0.2, 0) is 9.47 Å². The minimum Gasteiger partial charge on any atom is -0.389 e. The summed E-state index contributed by atoms with van der Waals surface area (Å²) in [5, 5.41) is 12.9. The van der Waals surface area contributed by atoms with Gasteiger partial charge in [-0.05, 0) is 37.6 Å². The van der Waals surface area contributed by atoms with Crippen molar-refractivity contribution in [3.63, 3.8) is 0 Å². The number of aliphatic hydroxyl groups excluding tert-OH is 1. The molecule has 0 aromatic carbocycles. The summed E-state index contributed by atoms with van der Waals surface area (Å²) in [6, 6.07) is 0. The maximum absolute atomic E-state index is 9.71. The summed E-state index contributed by atoms with van der Waals surface area (Å²) in [4.78, 5) is 0. The summed E-state index contributed by atoms with van der Waals surface area (Å²) in [6.45, 7) is 13.0. The highest BCUT2D eigenvalue weighted by Crippen LogP contribution is 2.03. The van der Waals surface area contributed by atoms with E-state index in [1.807, 2.05) is 0 Å². The smallest absolute Gasteiger partial charge is 0.0897 e. The molecule has 0 rings (SSSR count). The van der Waals surface area contributed by atoms with Gasteiger partial charge in [-0.3, -0.25) is 0 Å². The first-order chi connectivity index (χ1) is 9.52. The lowest BCUT2D eigenvalue weighted by Crippen LogP contribution is -2.31. The predicted octanol–water partition coefficient (Wildman–Crippen LogP) is 2.45. The van der Waals surface area contributed by atoms with E-state index in [0.717, 1.165) is 45.1 Å². The molecule has 0 aliphatic heterocycles. The van der Waals surface area contributed by atoms with Crippen LogP contribution in [0.1, 0.15) is 47.0 Å². The molecule has 20 heavy (non-hydrogen) atoms. The molecule has 0 saturated carbocycles. The molecule has 2 N–H and O–H groups in total. The number of hydrogen-bond acceptors (Lipinski definition) is 4. The zero-order chi connectivity index (χ0) is 15.2. The summed E-state index contributed by atoms with van der Waals surface area (Å²) in [7, 11) is 0. The van der Waals surface area contributed by atoms with Gasteiger partial charge in [0, 0.05) is 26.4 Å². The largest absolute Gasteiger partial charge is 0.389 e. The van der Waals surface area contributed by atoms with E-state index in [-0.39, 0.29) is 0 Å². The van der Waals surface area contributed by atoms with Gasteiger partial charge >= 0.3 is 0 Å². The normalized spacial score (nSPS) is 13.3. The van der Waals surface area contributed by atoms with E-state index >= 15 is 0 Å². The Kier molecular flexibility index (Phi) is 13.7. The molecule has 0 radical (unpaired) electrons. The molecule has 0 spiro atoms. The number of rotatable bonds is 14. The standard InChI is InChI=1S/C16H35NO3/c1-14(2)7-5-9-20-13-16(18)11-17-8-6-10-19-12-15(3)4/h14-18H,5-13H2,1-4H3. The zero-order valence-electron chi connectivity index (χ0n) is 13.9. The first-order valence-corrected chi connectivity index (χ1v) is 8.06. The molecule has 0 saturated heterocycles. The third kappa shape index (κ3) is 15.9. The quantitative estimate of drug-likeness (QED) is 0.482.